The zero-order valence-electron chi connectivity index (χ0n) is 13.3. The molecule has 3 aromatic heterocycles. The van der Waals surface area contributed by atoms with Gasteiger partial charge in [-0.15, -0.1) is 0 Å². The fourth-order valence-corrected chi connectivity index (χ4v) is 2.77. The van der Waals surface area contributed by atoms with Crippen molar-refractivity contribution in [1.82, 2.24) is 9.55 Å². The molecule has 0 bridgehead atoms. The number of anilines is 1. The van der Waals surface area contributed by atoms with Crippen molar-refractivity contribution in [3.8, 4) is 6.07 Å². The van der Waals surface area contributed by atoms with Crippen LogP contribution in [0.1, 0.15) is 22.0 Å². The lowest BCUT2D eigenvalue weighted by Crippen LogP contribution is -2.13. The van der Waals surface area contributed by atoms with Crippen LogP contribution in [-0.4, -0.2) is 26.6 Å². The summed E-state index contributed by atoms with van der Waals surface area (Å²) in [6, 6.07) is 7.73. The van der Waals surface area contributed by atoms with Gasteiger partial charge in [0.25, 0.3) is 5.91 Å². The molecule has 1 amide bonds. The molecule has 0 atom stereocenters. The summed E-state index contributed by atoms with van der Waals surface area (Å²) in [5.74, 6) is -0.901. The Morgan fingerprint density at radius 2 is 2.31 bits per heavy atom. The molecule has 132 valence electrons. The largest absolute Gasteiger partial charge is 0.467 e. The first-order valence-corrected chi connectivity index (χ1v) is 8.38. The van der Waals surface area contributed by atoms with Gasteiger partial charge in [0.1, 0.15) is 16.8 Å². The Kier molecular flexibility index (Phi) is 4.76. The van der Waals surface area contributed by atoms with Gasteiger partial charge in [0.15, 0.2) is 22.4 Å². The first kappa shape index (κ1) is 17.3. The third-order valence-electron chi connectivity index (χ3n) is 3.34. The number of nitriles is 1. The molecular weight excluding hydrogens is 362 g/mol. The molecule has 0 aromatic carbocycles. The number of furan rings is 2. The van der Waals surface area contributed by atoms with E-state index in [0.29, 0.717) is 10.9 Å². The number of rotatable bonds is 6. The van der Waals surface area contributed by atoms with E-state index in [1.807, 2.05) is 6.07 Å². The van der Waals surface area contributed by atoms with Crippen LogP contribution in [-0.2, 0) is 6.54 Å². The van der Waals surface area contributed by atoms with Gasteiger partial charge >= 0.3 is 5.88 Å². The van der Waals surface area contributed by atoms with Crippen LogP contribution in [0, 0.1) is 21.4 Å². The van der Waals surface area contributed by atoms with Gasteiger partial charge in [0.2, 0.25) is 0 Å². The maximum atomic E-state index is 12.2. The summed E-state index contributed by atoms with van der Waals surface area (Å²) in [5.41, 5.74) is 0.125. The van der Waals surface area contributed by atoms with Gasteiger partial charge < -0.3 is 18.7 Å². The number of amides is 1. The Balaban J connectivity index is 1.89. The lowest BCUT2D eigenvalue weighted by molar-refractivity contribution is -0.402. The van der Waals surface area contributed by atoms with E-state index in [2.05, 4.69) is 10.3 Å². The molecule has 3 rings (SSSR count). The van der Waals surface area contributed by atoms with E-state index in [1.165, 1.54) is 24.1 Å². The van der Waals surface area contributed by atoms with Gasteiger partial charge in [-0.1, -0.05) is 11.8 Å². The minimum Gasteiger partial charge on any atom is -0.467 e. The van der Waals surface area contributed by atoms with E-state index in [1.54, 1.807) is 23.0 Å². The number of aromatic nitrogens is 2. The van der Waals surface area contributed by atoms with E-state index in [9.17, 15) is 20.2 Å². The number of imidazole rings is 1. The highest BCUT2D eigenvalue weighted by Crippen LogP contribution is 2.25. The van der Waals surface area contributed by atoms with Crippen molar-refractivity contribution in [2.24, 2.45) is 0 Å². The molecule has 0 saturated heterocycles. The van der Waals surface area contributed by atoms with Crippen molar-refractivity contribution in [2.45, 2.75) is 11.7 Å². The van der Waals surface area contributed by atoms with Crippen LogP contribution in [0.25, 0.3) is 0 Å². The first-order valence-electron chi connectivity index (χ1n) is 7.16. The van der Waals surface area contributed by atoms with Gasteiger partial charge in [-0.2, -0.15) is 5.26 Å². The average Bonchev–Trinajstić information content (AvgIpc) is 3.35. The normalized spacial score (nSPS) is 10.5. The monoisotopic (exact) mass is 373 g/mol. The highest BCUT2D eigenvalue weighted by molar-refractivity contribution is 7.98. The molecule has 0 radical (unpaired) electrons. The predicted molar refractivity (Wildman–Crippen MR) is 89.8 cm³/mol. The zero-order chi connectivity index (χ0) is 18.7. The van der Waals surface area contributed by atoms with Gasteiger partial charge in [-0.05, 0) is 24.5 Å². The Hall–Kier alpha value is -3.52. The van der Waals surface area contributed by atoms with Crippen LogP contribution in [0.2, 0.25) is 0 Å². The second-order valence-electron chi connectivity index (χ2n) is 4.92. The highest BCUT2D eigenvalue weighted by Gasteiger charge is 2.22. The van der Waals surface area contributed by atoms with E-state index in [4.69, 9.17) is 8.83 Å². The van der Waals surface area contributed by atoms with Crippen molar-refractivity contribution in [3.63, 3.8) is 0 Å². The molecule has 3 aromatic rings. The van der Waals surface area contributed by atoms with E-state index in [0.717, 1.165) is 6.07 Å². The summed E-state index contributed by atoms with van der Waals surface area (Å²) in [6.07, 6.45) is 3.30. The van der Waals surface area contributed by atoms with Crippen LogP contribution in [0.15, 0.2) is 44.5 Å². The summed E-state index contributed by atoms with van der Waals surface area (Å²) in [5, 5.41) is 23.1. The van der Waals surface area contributed by atoms with Gasteiger partial charge in [0.05, 0.1) is 18.9 Å². The van der Waals surface area contributed by atoms with Gasteiger partial charge in [-0.25, -0.2) is 4.98 Å². The number of nitrogens with zero attached hydrogens (tertiary/aromatic N) is 4. The molecule has 0 aliphatic rings. The van der Waals surface area contributed by atoms with Crippen LogP contribution in [0.5, 0.6) is 0 Å². The topological polar surface area (TPSA) is 140 Å². The number of thioether (sulfide) groups is 1. The van der Waals surface area contributed by atoms with Crippen molar-refractivity contribution >= 4 is 29.4 Å². The van der Waals surface area contributed by atoms with Crippen LogP contribution < -0.4 is 5.32 Å². The summed E-state index contributed by atoms with van der Waals surface area (Å²) >= 11 is 1.29. The second kappa shape index (κ2) is 7.16. The number of hydrogen-bond acceptors (Lipinski definition) is 8. The number of hydrogen-bond donors (Lipinski definition) is 1. The molecule has 10 nitrogen and oxygen atoms in total. The van der Waals surface area contributed by atoms with Crippen molar-refractivity contribution in [2.75, 3.05) is 11.6 Å². The van der Waals surface area contributed by atoms with Crippen LogP contribution >= 0.6 is 11.8 Å². The van der Waals surface area contributed by atoms with Crippen molar-refractivity contribution < 1.29 is 18.6 Å². The Labute approximate surface area is 150 Å². The lowest BCUT2D eigenvalue weighted by Gasteiger charge is -2.05. The smallest absolute Gasteiger partial charge is 0.433 e. The second-order valence-corrected chi connectivity index (χ2v) is 5.70. The molecule has 0 aliphatic carbocycles. The fourth-order valence-electron chi connectivity index (χ4n) is 2.21. The van der Waals surface area contributed by atoms with E-state index in [-0.39, 0.29) is 23.8 Å². The molecule has 0 saturated carbocycles. The Morgan fingerprint density at radius 3 is 2.88 bits per heavy atom. The molecule has 11 heteroatoms. The summed E-state index contributed by atoms with van der Waals surface area (Å²) in [6.45, 7) is 0.265. The molecule has 0 fully saturated rings. The van der Waals surface area contributed by atoms with E-state index < -0.39 is 16.7 Å². The maximum absolute atomic E-state index is 12.2. The third-order valence-corrected chi connectivity index (χ3v) is 4.02. The van der Waals surface area contributed by atoms with Gasteiger partial charge in [0, 0.05) is 0 Å². The number of carbonyl (C=O) groups is 1. The molecular formula is C15H11N5O5S. The first-order chi connectivity index (χ1) is 12.5. The number of nitrogens with one attached hydrogen (secondary N) is 1. The lowest BCUT2D eigenvalue weighted by atomic mass is 10.3. The van der Waals surface area contributed by atoms with Crippen LogP contribution in [0.4, 0.5) is 11.7 Å². The highest BCUT2D eigenvalue weighted by atomic mass is 32.2. The minimum absolute atomic E-state index is 0.0347. The average molecular weight is 373 g/mol. The summed E-state index contributed by atoms with van der Waals surface area (Å²) in [7, 11) is 0. The zero-order valence-corrected chi connectivity index (χ0v) is 14.1. The molecule has 0 spiro atoms. The number of nitro groups is 1. The molecule has 26 heavy (non-hydrogen) atoms. The minimum atomic E-state index is -0.749. The van der Waals surface area contributed by atoms with Gasteiger partial charge in [-0.3, -0.25) is 14.9 Å². The molecule has 0 aliphatic heterocycles. The van der Waals surface area contributed by atoms with Crippen molar-refractivity contribution in [1.29, 1.82) is 5.26 Å². The summed E-state index contributed by atoms with van der Waals surface area (Å²) < 4.78 is 11.7. The quantitative estimate of drug-likeness (QED) is 0.395. The predicted octanol–water partition coefficient (Wildman–Crippen LogP) is 2.87. The summed E-state index contributed by atoms with van der Waals surface area (Å²) in [4.78, 5) is 26.4. The third kappa shape index (κ3) is 3.31. The molecule has 1 N–H and O–H groups in total. The molecule has 0 unspecified atom stereocenters. The molecule has 3 heterocycles. The van der Waals surface area contributed by atoms with Crippen molar-refractivity contribution in [3.05, 3.63) is 57.9 Å². The number of carbonyl (C=O) groups excluding carboxylic acids is 1. The standard InChI is InChI=1S/C15H11N5O5S/c1-26-15-18-13(10(7-16)19(15)8-9-3-2-6-24-9)17-14(21)11-4-5-12(25-11)20(22)23/h2-6H,8H2,1H3,(H,17,21). The fraction of sp³-hybridized carbons (Fsp3) is 0.133. The SMILES string of the molecule is CSc1nc(NC(=O)c2ccc([N+](=O)[O-])o2)c(C#N)n1Cc1ccco1. The Bertz CT molecular complexity index is 998. The Morgan fingerprint density at radius 1 is 1.50 bits per heavy atom. The van der Waals surface area contributed by atoms with Crippen LogP contribution in [0.3, 0.4) is 0 Å². The maximum Gasteiger partial charge on any atom is 0.433 e. The van der Waals surface area contributed by atoms with E-state index >= 15 is 0 Å².